The van der Waals surface area contributed by atoms with Gasteiger partial charge >= 0.3 is 5.97 Å². The van der Waals surface area contributed by atoms with Gasteiger partial charge in [-0.2, -0.15) is 0 Å². The summed E-state index contributed by atoms with van der Waals surface area (Å²) >= 11 is 0. The summed E-state index contributed by atoms with van der Waals surface area (Å²) in [7, 11) is 3.13. The number of hydrogen-bond acceptors (Lipinski definition) is 4. The van der Waals surface area contributed by atoms with E-state index in [-0.39, 0.29) is 5.97 Å². The maximum absolute atomic E-state index is 11.9. The van der Waals surface area contributed by atoms with Gasteiger partial charge < -0.3 is 19.4 Å². The van der Waals surface area contributed by atoms with Crippen LogP contribution in [-0.4, -0.2) is 54.7 Å². The standard InChI is InChI=1S/C28H31N3O3/c1-33-22-7-9-27-24(16-22)25(18-30-27)19-10-13-31(14-11-19)12-4-3-5-21-17-29-26-8-6-20(15-23(21)26)28(32)34-2/h6-10,15-18,29-30H,3-5,11-14H2,1-2H3. The molecule has 0 aliphatic carbocycles. The van der Waals surface area contributed by atoms with E-state index in [2.05, 4.69) is 45.5 Å². The molecule has 0 bridgehead atoms. The second kappa shape index (κ2) is 9.77. The van der Waals surface area contributed by atoms with Gasteiger partial charge in [-0.05, 0) is 79.8 Å². The van der Waals surface area contributed by atoms with Crippen molar-refractivity contribution in [3.05, 3.63) is 71.6 Å². The fourth-order valence-electron chi connectivity index (χ4n) is 4.93. The number of carbonyl (C=O) groups excluding carboxylic acids is 1. The van der Waals surface area contributed by atoms with Crippen molar-refractivity contribution >= 4 is 33.3 Å². The van der Waals surface area contributed by atoms with Gasteiger partial charge in [0, 0.05) is 52.9 Å². The molecule has 0 saturated heterocycles. The molecule has 0 radical (unpaired) electrons. The number of aromatic amines is 2. The first kappa shape index (κ1) is 22.3. The van der Waals surface area contributed by atoms with Crippen molar-refractivity contribution in [3.63, 3.8) is 0 Å². The highest BCUT2D eigenvalue weighted by Crippen LogP contribution is 2.31. The maximum atomic E-state index is 11.9. The van der Waals surface area contributed by atoms with E-state index in [9.17, 15) is 4.79 Å². The number of esters is 1. The molecule has 1 aliphatic rings. The summed E-state index contributed by atoms with van der Waals surface area (Å²) in [6, 6.07) is 11.9. The molecule has 0 saturated carbocycles. The third-order valence-electron chi connectivity index (χ3n) is 6.89. The lowest BCUT2D eigenvalue weighted by molar-refractivity contribution is 0.0601. The molecule has 1 aliphatic heterocycles. The number of unbranched alkanes of at least 4 members (excludes halogenated alkanes) is 1. The van der Waals surface area contributed by atoms with Gasteiger partial charge in [-0.15, -0.1) is 0 Å². The lowest BCUT2D eigenvalue weighted by Crippen LogP contribution is -2.29. The van der Waals surface area contributed by atoms with Gasteiger partial charge in [-0.1, -0.05) is 6.08 Å². The predicted octanol–water partition coefficient (Wildman–Crippen LogP) is 5.56. The largest absolute Gasteiger partial charge is 0.497 e. The molecule has 0 amide bonds. The number of benzene rings is 2. The molecule has 34 heavy (non-hydrogen) atoms. The third kappa shape index (κ3) is 4.46. The normalized spacial score (nSPS) is 14.5. The molecular formula is C28H31N3O3. The van der Waals surface area contributed by atoms with Gasteiger partial charge in [0.2, 0.25) is 0 Å². The fraction of sp³-hybridized carbons (Fsp3) is 0.321. The third-order valence-corrected chi connectivity index (χ3v) is 6.89. The molecule has 0 unspecified atom stereocenters. The number of nitrogens with zero attached hydrogens (tertiary/aromatic N) is 1. The average molecular weight is 458 g/mol. The molecule has 6 nitrogen and oxygen atoms in total. The Labute approximate surface area is 199 Å². The van der Waals surface area contributed by atoms with E-state index in [1.807, 2.05) is 18.2 Å². The van der Waals surface area contributed by atoms with E-state index >= 15 is 0 Å². The summed E-state index contributed by atoms with van der Waals surface area (Å²) in [5.41, 5.74) is 6.77. The molecule has 0 fully saturated rings. The molecular weight excluding hydrogens is 426 g/mol. The summed E-state index contributed by atoms with van der Waals surface area (Å²) in [5, 5.41) is 2.34. The SMILES string of the molecule is COC(=O)c1ccc2[nH]cc(CCCCN3CC=C(c4c[nH]c5ccc(OC)cc45)CC3)c2c1. The van der Waals surface area contributed by atoms with E-state index in [0.717, 1.165) is 67.5 Å². The highest BCUT2D eigenvalue weighted by atomic mass is 16.5. The Bertz CT molecular complexity index is 1350. The van der Waals surface area contributed by atoms with E-state index in [0.29, 0.717) is 5.56 Å². The number of H-pyrrole nitrogens is 2. The first-order chi connectivity index (χ1) is 16.7. The Morgan fingerprint density at radius 3 is 2.62 bits per heavy atom. The zero-order chi connectivity index (χ0) is 23.5. The second-order valence-corrected chi connectivity index (χ2v) is 8.92. The van der Waals surface area contributed by atoms with Crippen LogP contribution in [-0.2, 0) is 11.2 Å². The quantitative estimate of drug-likeness (QED) is 0.269. The van der Waals surface area contributed by atoms with Crippen LogP contribution in [0.25, 0.3) is 27.4 Å². The minimum Gasteiger partial charge on any atom is -0.497 e. The van der Waals surface area contributed by atoms with E-state index in [1.54, 1.807) is 13.2 Å². The lowest BCUT2D eigenvalue weighted by Gasteiger charge is -2.26. The van der Waals surface area contributed by atoms with Crippen LogP contribution in [0.15, 0.2) is 54.9 Å². The highest BCUT2D eigenvalue weighted by Gasteiger charge is 2.16. The summed E-state index contributed by atoms with van der Waals surface area (Å²) in [6.07, 6.45) is 10.9. The lowest BCUT2D eigenvalue weighted by atomic mass is 9.98. The van der Waals surface area contributed by atoms with Gasteiger partial charge in [0.05, 0.1) is 19.8 Å². The maximum Gasteiger partial charge on any atom is 0.337 e. The van der Waals surface area contributed by atoms with Crippen LogP contribution in [0.1, 0.15) is 40.7 Å². The van der Waals surface area contributed by atoms with Crippen molar-refractivity contribution in [1.29, 1.82) is 0 Å². The van der Waals surface area contributed by atoms with Gasteiger partial charge in [0.15, 0.2) is 0 Å². The molecule has 2 N–H and O–H groups in total. The summed E-state index contributed by atoms with van der Waals surface area (Å²) in [5.74, 6) is 0.599. The van der Waals surface area contributed by atoms with Crippen molar-refractivity contribution in [2.24, 2.45) is 0 Å². The molecule has 3 heterocycles. The fourth-order valence-corrected chi connectivity index (χ4v) is 4.93. The van der Waals surface area contributed by atoms with Gasteiger partial charge in [0.25, 0.3) is 0 Å². The zero-order valence-corrected chi connectivity index (χ0v) is 19.8. The highest BCUT2D eigenvalue weighted by molar-refractivity contribution is 5.96. The number of nitrogens with one attached hydrogen (secondary N) is 2. The van der Waals surface area contributed by atoms with Crippen LogP contribution in [0.4, 0.5) is 0 Å². The number of aromatic nitrogens is 2. The van der Waals surface area contributed by atoms with Crippen molar-refractivity contribution in [3.8, 4) is 5.75 Å². The minimum atomic E-state index is -0.293. The van der Waals surface area contributed by atoms with E-state index < -0.39 is 0 Å². The topological polar surface area (TPSA) is 70.4 Å². The van der Waals surface area contributed by atoms with Crippen LogP contribution in [0, 0.1) is 0 Å². The summed E-state index contributed by atoms with van der Waals surface area (Å²) < 4.78 is 10.3. The molecule has 6 heteroatoms. The molecule has 176 valence electrons. The predicted molar refractivity (Wildman–Crippen MR) is 136 cm³/mol. The van der Waals surface area contributed by atoms with Crippen LogP contribution >= 0.6 is 0 Å². The van der Waals surface area contributed by atoms with Crippen molar-refractivity contribution in [1.82, 2.24) is 14.9 Å². The van der Waals surface area contributed by atoms with E-state index in [4.69, 9.17) is 9.47 Å². The van der Waals surface area contributed by atoms with Crippen molar-refractivity contribution in [2.45, 2.75) is 25.7 Å². The smallest absolute Gasteiger partial charge is 0.337 e. The number of aryl methyl sites for hydroxylation is 1. The second-order valence-electron chi connectivity index (χ2n) is 8.92. The number of rotatable bonds is 8. The Morgan fingerprint density at radius 2 is 1.82 bits per heavy atom. The molecule has 0 atom stereocenters. The first-order valence-electron chi connectivity index (χ1n) is 11.9. The summed E-state index contributed by atoms with van der Waals surface area (Å²) in [4.78, 5) is 21.1. The number of methoxy groups -OCH3 is 2. The molecule has 5 rings (SSSR count). The number of hydrogen-bond donors (Lipinski definition) is 2. The monoisotopic (exact) mass is 457 g/mol. The van der Waals surface area contributed by atoms with Crippen LogP contribution in [0.2, 0.25) is 0 Å². The zero-order valence-electron chi connectivity index (χ0n) is 19.8. The molecule has 2 aromatic carbocycles. The van der Waals surface area contributed by atoms with Crippen LogP contribution in [0.5, 0.6) is 5.75 Å². The number of carbonyl (C=O) groups is 1. The van der Waals surface area contributed by atoms with Crippen LogP contribution < -0.4 is 4.74 Å². The Hall–Kier alpha value is -3.51. The molecule has 0 spiro atoms. The number of fused-ring (bicyclic) bond motifs is 2. The molecule has 2 aromatic heterocycles. The number of ether oxygens (including phenoxy) is 2. The Balaban J connectivity index is 1.16. The van der Waals surface area contributed by atoms with Crippen LogP contribution in [0.3, 0.4) is 0 Å². The van der Waals surface area contributed by atoms with Gasteiger partial charge in [-0.3, -0.25) is 4.90 Å². The van der Waals surface area contributed by atoms with Gasteiger partial charge in [0.1, 0.15) is 5.75 Å². The van der Waals surface area contributed by atoms with Crippen molar-refractivity contribution < 1.29 is 14.3 Å². The van der Waals surface area contributed by atoms with Gasteiger partial charge in [-0.25, -0.2) is 4.79 Å². The Morgan fingerprint density at radius 1 is 1.00 bits per heavy atom. The summed E-state index contributed by atoms with van der Waals surface area (Å²) in [6.45, 7) is 3.17. The van der Waals surface area contributed by atoms with E-state index in [1.165, 1.54) is 29.2 Å². The Kier molecular flexibility index (Phi) is 6.41. The first-order valence-corrected chi connectivity index (χ1v) is 11.9. The van der Waals surface area contributed by atoms with Crippen molar-refractivity contribution in [2.75, 3.05) is 33.9 Å². The average Bonchev–Trinajstić information content (AvgIpc) is 3.49. The molecule has 4 aromatic rings. The minimum absolute atomic E-state index is 0.293.